The van der Waals surface area contributed by atoms with Crippen molar-refractivity contribution in [1.82, 2.24) is 9.78 Å². The van der Waals surface area contributed by atoms with Gasteiger partial charge >= 0.3 is 0 Å². The lowest BCUT2D eigenvalue weighted by Crippen LogP contribution is -2.23. The van der Waals surface area contributed by atoms with Crippen LogP contribution in [0.15, 0.2) is 23.6 Å². The Morgan fingerprint density at radius 2 is 2.20 bits per heavy atom. The second-order valence-electron chi connectivity index (χ2n) is 4.13. The largest absolute Gasteiger partial charge is 0.411 e. The topological polar surface area (TPSA) is 50.4 Å². The highest BCUT2D eigenvalue weighted by Gasteiger charge is 2.20. The Hall–Kier alpha value is -1.32. The fourth-order valence-electron chi connectivity index (χ4n) is 2.24. The standard InChI is InChI=1S/C11H17N3O/c15-13-11(9-14-8-4-7-12-14)10-5-2-1-3-6-10/h4,7-8,10,15H,1-3,5-6,9H2. The average Bonchev–Trinajstić information content (AvgIpc) is 2.80. The Morgan fingerprint density at radius 3 is 2.80 bits per heavy atom. The molecule has 4 nitrogen and oxygen atoms in total. The van der Waals surface area contributed by atoms with E-state index in [0.717, 1.165) is 18.6 Å². The molecule has 0 aromatic carbocycles. The van der Waals surface area contributed by atoms with Gasteiger partial charge in [-0.25, -0.2) is 0 Å². The predicted octanol–water partition coefficient (Wildman–Crippen LogP) is 2.29. The number of hydrogen-bond donors (Lipinski definition) is 1. The van der Waals surface area contributed by atoms with Crippen LogP contribution in [0.4, 0.5) is 0 Å². The zero-order valence-electron chi connectivity index (χ0n) is 8.84. The summed E-state index contributed by atoms with van der Waals surface area (Å²) in [5.41, 5.74) is 0.874. The van der Waals surface area contributed by atoms with Crippen LogP contribution < -0.4 is 0 Å². The van der Waals surface area contributed by atoms with Crippen molar-refractivity contribution in [3.8, 4) is 0 Å². The molecule has 0 aliphatic heterocycles. The number of nitrogens with zero attached hydrogens (tertiary/aromatic N) is 3. The van der Waals surface area contributed by atoms with Crippen LogP contribution >= 0.6 is 0 Å². The van der Waals surface area contributed by atoms with Gasteiger partial charge in [-0.05, 0) is 18.9 Å². The molecule has 1 saturated carbocycles. The molecule has 1 aliphatic rings. The smallest absolute Gasteiger partial charge is 0.0828 e. The fourth-order valence-corrected chi connectivity index (χ4v) is 2.24. The van der Waals surface area contributed by atoms with Gasteiger partial charge in [0.25, 0.3) is 0 Å². The lowest BCUT2D eigenvalue weighted by Gasteiger charge is -2.22. The number of rotatable bonds is 3. The second kappa shape index (κ2) is 4.96. The van der Waals surface area contributed by atoms with Gasteiger partial charge in [-0.1, -0.05) is 24.4 Å². The Bertz CT molecular complexity index is 313. The Labute approximate surface area is 89.6 Å². The summed E-state index contributed by atoms with van der Waals surface area (Å²) >= 11 is 0. The van der Waals surface area contributed by atoms with Crippen LogP contribution in [0, 0.1) is 5.92 Å². The van der Waals surface area contributed by atoms with Crippen molar-refractivity contribution in [3.63, 3.8) is 0 Å². The molecule has 82 valence electrons. The minimum atomic E-state index is 0.452. The lowest BCUT2D eigenvalue weighted by atomic mass is 9.86. The molecule has 0 spiro atoms. The van der Waals surface area contributed by atoms with Gasteiger partial charge in [0, 0.05) is 18.3 Å². The van der Waals surface area contributed by atoms with Crippen LogP contribution in [0.25, 0.3) is 0 Å². The fraction of sp³-hybridized carbons (Fsp3) is 0.636. The first-order chi connectivity index (χ1) is 7.40. The van der Waals surface area contributed by atoms with E-state index in [-0.39, 0.29) is 0 Å². The first kappa shape index (κ1) is 10.2. The van der Waals surface area contributed by atoms with Crippen LogP contribution in [0.5, 0.6) is 0 Å². The molecule has 1 heterocycles. The van der Waals surface area contributed by atoms with Gasteiger partial charge in [-0.15, -0.1) is 0 Å². The molecule has 0 unspecified atom stereocenters. The predicted molar refractivity (Wildman–Crippen MR) is 58.0 cm³/mol. The molecular weight excluding hydrogens is 190 g/mol. The van der Waals surface area contributed by atoms with Gasteiger partial charge in [0.2, 0.25) is 0 Å². The monoisotopic (exact) mass is 207 g/mol. The van der Waals surface area contributed by atoms with Gasteiger partial charge in [-0.2, -0.15) is 5.10 Å². The maximum absolute atomic E-state index is 9.02. The lowest BCUT2D eigenvalue weighted by molar-refractivity contribution is 0.306. The summed E-state index contributed by atoms with van der Waals surface area (Å²) in [6.07, 6.45) is 9.77. The molecule has 0 amide bonds. The molecule has 0 atom stereocenters. The van der Waals surface area contributed by atoms with E-state index in [1.165, 1.54) is 19.3 Å². The van der Waals surface area contributed by atoms with E-state index in [2.05, 4.69) is 10.3 Å². The van der Waals surface area contributed by atoms with Crippen molar-refractivity contribution >= 4 is 5.71 Å². The third-order valence-electron chi connectivity index (χ3n) is 3.09. The van der Waals surface area contributed by atoms with Crippen LogP contribution in [0.2, 0.25) is 0 Å². The number of aromatic nitrogens is 2. The highest BCUT2D eigenvalue weighted by atomic mass is 16.4. The SMILES string of the molecule is ON=C(Cn1cccn1)C1CCCCC1. The van der Waals surface area contributed by atoms with Crippen molar-refractivity contribution in [2.24, 2.45) is 11.1 Å². The molecule has 0 radical (unpaired) electrons. The first-order valence-electron chi connectivity index (χ1n) is 5.58. The molecule has 1 N–H and O–H groups in total. The van der Waals surface area contributed by atoms with E-state index in [1.807, 2.05) is 16.9 Å². The van der Waals surface area contributed by atoms with Crippen molar-refractivity contribution in [2.75, 3.05) is 0 Å². The van der Waals surface area contributed by atoms with E-state index in [0.29, 0.717) is 12.5 Å². The molecule has 1 aliphatic carbocycles. The minimum Gasteiger partial charge on any atom is -0.411 e. The van der Waals surface area contributed by atoms with E-state index >= 15 is 0 Å². The third kappa shape index (κ3) is 2.58. The summed E-state index contributed by atoms with van der Waals surface area (Å²) < 4.78 is 1.81. The molecule has 1 aromatic heterocycles. The van der Waals surface area contributed by atoms with Gasteiger partial charge in [0.05, 0.1) is 12.3 Å². The first-order valence-corrected chi connectivity index (χ1v) is 5.58. The molecule has 4 heteroatoms. The normalized spacial score (nSPS) is 19.3. The zero-order chi connectivity index (χ0) is 10.5. The summed E-state index contributed by atoms with van der Waals surface area (Å²) in [7, 11) is 0. The van der Waals surface area contributed by atoms with Crippen molar-refractivity contribution < 1.29 is 5.21 Å². The van der Waals surface area contributed by atoms with E-state index in [1.54, 1.807) is 6.20 Å². The van der Waals surface area contributed by atoms with Crippen molar-refractivity contribution in [3.05, 3.63) is 18.5 Å². The van der Waals surface area contributed by atoms with Gasteiger partial charge in [0.1, 0.15) is 0 Å². The average molecular weight is 207 g/mol. The molecular formula is C11H17N3O. The van der Waals surface area contributed by atoms with Crippen molar-refractivity contribution in [1.29, 1.82) is 0 Å². The zero-order valence-corrected chi connectivity index (χ0v) is 8.84. The van der Waals surface area contributed by atoms with Gasteiger partial charge in [0.15, 0.2) is 0 Å². The van der Waals surface area contributed by atoms with E-state index < -0.39 is 0 Å². The Kier molecular flexibility index (Phi) is 3.37. The van der Waals surface area contributed by atoms with Crippen molar-refractivity contribution in [2.45, 2.75) is 38.6 Å². The minimum absolute atomic E-state index is 0.452. The number of hydrogen-bond acceptors (Lipinski definition) is 3. The summed E-state index contributed by atoms with van der Waals surface area (Å²) in [6, 6.07) is 1.88. The molecule has 15 heavy (non-hydrogen) atoms. The highest BCUT2D eigenvalue weighted by Crippen LogP contribution is 2.25. The van der Waals surface area contributed by atoms with Gasteiger partial charge < -0.3 is 5.21 Å². The molecule has 1 aromatic rings. The second-order valence-corrected chi connectivity index (χ2v) is 4.13. The quantitative estimate of drug-likeness (QED) is 0.469. The van der Waals surface area contributed by atoms with Crippen LogP contribution in [-0.4, -0.2) is 20.7 Å². The molecule has 0 bridgehead atoms. The molecule has 2 rings (SSSR count). The van der Waals surface area contributed by atoms with E-state index in [4.69, 9.17) is 5.21 Å². The summed E-state index contributed by atoms with van der Waals surface area (Å²) in [4.78, 5) is 0. The molecule has 0 saturated heterocycles. The van der Waals surface area contributed by atoms with Gasteiger partial charge in [-0.3, -0.25) is 4.68 Å². The van der Waals surface area contributed by atoms with E-state index in [9.17, 15) is 0 Å². The third-order valence-corrected chi connectivity index (χ3v) is 3.09. The maximum atomic E-state index is 9.02. The highest BCUT2D eigenvalue weighted by molar-refractivity contribution is 5.86. The van der Waals surface area contributed by atoms with Crippen LogP contribution in [-0.2, 0) is 6.54 Å². The summed E-state index contributed by atoms with van der Waals surface area (Å²) in [6.45, 7) is 0.619. The Balaban J connectivity index is 1.98. The van der Waals surface area contributed by atoms with Crippen LogP contribution in [0.1, 0.15) is 32.1 Å². The maximum Gasteiger partial charge on any atom is 0.0828 e. The summed E-state index contributed by atoms with van der Waals surface area (Å²) in [5.74, 6) is 0.452. The molecule has 1 fully saturated rings. The Morgan fingerprint density at radius 1 is 1.40 bits per heavy atom. The summed E-state index contributed by atoms with van der Waals surface area (Å²) in [5, 5.41) is 16.6. The van der Waals surface area contributed by atoms with Crippen LogP contribution in [0.3, 0.4) is 0 Å². The number of oxime groups is 1.